The van der Waals surface area contributed by atoms with Crippen molar-refractivity contribution in [1.82, 2.24) is 0 Å². The van der Waals surface area contributed by atoms with Crippen LogP contribution in [0.3, 0.4) is 0 Å². The van der Waals surface area contributed by atoms with Gasteiger partial charge in [-0.15, -0.1) is 0 Å². The molecule has 0 saturated heterocycles. The standard InChI is InChI=1S/C45H88O4/c1-2-3-4-5-6-7-8-9-20-24-27-30-33-36-39-42-45(48)49-43-40-37-34-31-28-25-22-19-17-15-13-11-10-12-14-16-18-21-23-26-29-32-35-38-41-44(46)47/h2-43H2,1H3,(H,46,47). The summed E-state index contributed by atoms with van der Waals surface area (Å²) in [6.07, 6.45) is 52.9. The van der Waals surface area contributed by atoms with Crippen molar-refractivity contribution >= 4 is 11.9 Å². The Morgan fingerprint density at radius 3 is 0.816 bits per heavy atom. The van der Waals surface area contributed by atoms with Crippen molar-refractivity contribution in [3.05, 3.63) is 0 Å². The van der Waals surface area contributed by atoms with Crippen LogP contribution in [0.15, 0.2) is 0 Å². The van der Waals surface area contributed by atoms with Gasteiger partial charge in [-0.2, -0.15) is 0 Å². The Hall–Kier alpha value is -1.06. The molecule has 0 radical (unpaired) electrons. The van der Waals surface area contributed by atoms with E-state index in [1.165, 1.54) is 225 Å². The molecule has 1 N–H and O–H groups in total. The Bertz CT molecular complexity index is 648. The van der Waals surface area contributed by atoms with Gasteiger partial charge in [-0.1, -0.05) is 238 Å². The lowest BCUT2D eigenvalue weighted by molar-refractivity contribution is -0.144. The number of unbranched alkanes of at least 4 members (excludes halogenated alkanes) is 37. The average Bonchev–Trinajstić information content (AvgIpc) is 3.09. The Morgan fingerprint density at radius 2 is 0.551 bits per heavy atom. The predicted octanol–water partition coefficient (Wildman–Crippen LogP) is 15.6. The molecule has 4 heteroatoms. The van der Waals surface area contributed by atoms with Crippen LogP contribution in [-0.2, 0) is 14.3 Å². The maximum absolute atomic E-state index is 12.0. The molecule has 0 atom stereocenters. The molecule has 0 spiro atoms. The average molecular weight is 693 g/mol. The zero-order valence-electron chi connectivity index (χ0n) is 33.4. The van der Waals surface area contributed by atoms with Crippen molar-refractivity contribution in [1.29, 1.82) is 0 Å². The first-order valence-corrected chi connectivity index (χ1v) is 22.5. The molecule has 0 unspecified atom stereocenters. The summed E-state index contributed by atoms with van der Waals surface area (Å²) in [6.45, 7) is 2.91. The fraction of sp³-hybridized carbons (Fsp3) is 0.956. The molecule has 0 amide bonds. The molecule has 0 fully saturated rings. The zero-order valence-corrected chi connectivity index (χ0v) is 33.4. The summed E-state index contributed by atoms with van der Waals surface area (Å²) in [5.41, 5.74) is 0. The van der Waals surface area contributed by atoms with Gasteiger partial charge in [-0.25, -0.2) is 0 Å². The van der Waals surface area contributed by atoms with E-state index in [-0.39, 0.29) is 5.97 Å². The van der Waals surface area contributed by atoms with E-state index >= 15 is 0 Å². The number of carboxylic acid groups (broad SMARTS) is 1. The second-order valence-electron chi connectivity index (χ2n) is 15.5. The number of hydrogen-bond acceptors (Lipinski definition) is 3. The zero-order chi connectivity index (χ0) is 35.6. The first-order valence-electron chi connectivity index (χ1n) is 22.5. The van der Waals surface area contributed by atoms with Crippen LogP contribution >= 0.6 is 0 Å². The van der Waals surface area contributed by atoms with Crippen molar-refractivity contribution in [2.75, 3.05) is 6.61 Å². The number of ether oxygens (including phenoxy) is 1. The summed E-state index contributed by atoms with van der Waals surface area (Å²) in [5, 5.41) is 8.65. The third-order valence-electron chi connectivity index (χ3n) is 10.5. The minimum Gasteiger partial charge on any atom is -0.481 e. The molecule has 292 valence electrons. The van der Waals surface area contributed by atoms with Gasteiger partial charge in [0.2, 0.25) is 0 Å². The quantitative estimate of drug-likeness (QED) is 0.0510. The molecule has 0 aromatic heterocycles. The molecule has 49 heavy (non-hydrogen) atoms. The molecule has 0 aromatic carbocycles. The molecule has 0 aromatic rings. The van der Waals surface area contributed by atoms with E-state index in [2.05, 4.69) is 6.92 Å². The molecule has 0 heterocycles. The van der Waals surface area contributed by atoms with Crippen LogP contribution in [-0.4, -0.2) is 23.7 Å². The number of carbonyl (C=O) groups is 2. The largest absolute Gasteiger partial charge is 0.481 e. The van der Waals surface area contributed by atoms with Crippen LogP contribution in [0.4, 0.5) is 0 Å². The third kappa shape index (κ3) is 44.9. The normalized spacial score (nSPS) is 11.4. The summed E-state index contributed by atoms with van der Waals surface area (Å²) in [7, 11) is 0. The predicted molar refractivity (Wildman–Crippen MR) is 214 cm³/mol. The Labute approximate surface area is 307 Å². The number of carboxylic acids is 1. The minimum atomic E-state index is -0.655. The van der Waals surface area contributed by atoms with Crippen LogP contribution < -0.4 is 0 Å². The minimum absolute atomic E-state index is 0.0212. The smallest absolute Gasteiger partial charge is 0.305 e. The lowest BCUT2D eigenvalue weighted by Gasteiger charge is -2.06. The lowest BCUT2D eigenvalue weighted by atomic mass is 10.0. The van der Waals surface area contributed by atoms with Gasteiger partial charge in [0.15, 0.2) is 0 Å². The SMILES string of the molecule is CCCCCCCCCCCCCCCCCC(=O)OCCCCCCCCCCCCCCCCCCCCCCCCCCC(=O)O. The maximum atomic E-state index is 12.0. The maximum Gasteiger partial charge on any atom is 0.305 e. The summed E-state index contributed by atoms with van der Waals surface area (Å²) < 4.78 is 5.47. The highest BCUT2D eigenvalue weighted by atomic mass is 16.5. The second-order valence-corrected chi connectivity index (χ2v) is 15.5. The Balaban J connectivity index is 3.14. The van der Waals surface area contributed by atoms with E-state index in [1.54, 1.807) is 0 Å². The fourth-order valence-electron chi connectivity index (χ4n) is 7.17. The summed E-state index contributed by atoms with van der Waals surface area (Å²) in [6, 6.07) is 0. The molecule has 0 rings (SSSR count). The van der Waals surface area contributed by atoms with Gasteiger partial charge < -0.3 is 9.84 Å². The van der Waals surface area contributed by atoms with Gasteiger partial charge >= 0.3 is 11.9 Å². The summed E-state index contributed by atoms with van der Waals surface area (Å²) in [4.78, 5) is 22.5. The van der Waals surface area contributed by atoms with Crippen molar-refractivity contribution in [3.63, 3.8) is 0 Å². The lowest BCUT2D eigenvalue weighted by Crippen LogP contribution is -2.05. The number of rotatable bonds is 43. The highest BCUT2D eigenvalue weighted by Gasteiger charge is 2.03. The summed E-state index contributed by atoms with van der Waals surface area (Å²) >= 11 is 0. The Morgan fingerprint density at radius 1 is 0.327 bits per heavy atom. The van der Waals surface area contributed by atoms with Gasteiger partial charge in [0, 0.05) is 12.8 Å². The van der Waals surface area contributed by atoms with Gasteiger partial charge in [0.1, 0.15) is 0 Å². The highest BCUT2D eigenvalue weighted by Crippen LogP contribution is 2.17. The molecule has 0 aliphatic rings. The monoisotopic (exact) mass is 693 g/mol. The first kappa shape index (κ1) is 47.9. The van der Waals surface area contributed by atoms with E-state index in [9.17, 15) is 9.59 Å². The Kier molecular flexibility index (Phi) is 42.2. The highest BCUT2D eigenvalue weighted by molar-refractivity contribution is 5.69. The first-order chi connectivity index (χ1) is 24.2. The van der Waals surface area contributed by atoms with E-state index in [1.807, 2.05) is 0 Å². The van der Waals surface area contributed by atoms with E-state index in [0.29, 0.717) is 19.4 Å². The molecule has 0 aliphatic carbocycles. The van der Waals surface area contributed by atoms with Crippen molar-refractivity contribution < 1.29 is 19.4 Å². The van der Waals surface area contributed by atoms with Crippen LogP contribution in [0, 0.1) is 0 Å². The van der Waals surface area contributed by atoms with E-state index in [4.69, 9.17) is 9.84 Å². The van der Waals surface area contributed by atoms with E-state index in [0.717, 1.165) is 25.7 Å². The van der Waals surface area contributed by atoms with Crippen LogP contribution in [0.1, 0.15) is 270 Å². The molecule has 0 aliphatic heterocycles. The van der Waals surface area contributed by atoms with Gasteiger partial charge in [0.05, 0.1) is 6.61 Å². The van der Waals surface area contributed by atoms with Gasteiger partial charge in [-0.05, 0) is 19.3 Å². The topological polar surface area (TPSA) is 63.6 Å². The summed E-state index contributed by atoms with van der Waals surface area (Å²) in [5.74, 6) is -0.634. The molecular formula is C45H88O4. The number of hydrogen-bond donors (Lipinski definition) is 1. The number of aliphatic carboxylic acids is 1. The van der Waals surface area contributed by atoms with Gasteiger partial charge in [0.25, 0.3) is 0 Å². The third-order valence-corrected chi connectivity index (χ3v) is 10.5. The van der Waals surface area contributed by atoms with Crippen LogP contribution in [0.2, 0.25) is 0 Å². The van der Waals surface area contributed by atoms with Crippen molar-refractivity contribution in [2.45, 2.75) is 270 Å². The van der Waals surface area contributed by atoms with Crippen molar-refractivity contribution in [2.24, 2.45) is 0 Å². The van der Waals surface area contributed by atoms with Crippen LogP contribution in [0.25, 0.3) is 0 Å². The molecular weight excluding hydrogens is 604 g/mol. The van der Waals surface area contributed by atoms with E-state index < -0.39 is 5.97 Å². The van der Waals surface area contributed by atoms with Gasteiger partial charge in [-0.3, -0.25) is 9.59 Å². The van der Waals surface area contributed by atoms with Crippen molar-refractivity contribution in [3.8, 4) is 0 Å². The van der Waals surface area contributed by atoms with Crippen LogP contribution in [0.5, 0.6) is 0 Å². The molecule has 4 nitrogen and oxygen atoms in total. The number of carbonyl (C=O) groups excluding carboxylic acids is 1. The second kappa shape index (κ2) is 43.1. The molecule has 0 saturated carbocycles. The molecule has 0 bridgehead atoms. The number of esters is 1. The fourth-order valence-corrected chi connectivity index (χ4v) is 7.17.